The second-order valence-corrected chi connectivity index (χ2v) is 8.37. The Balaban J connectivity index is 1.55. The molecule has 0 radical (unpaired) electrons. The fraction of sp³-hybridized carbons (Fsp3) is 0.227. The molecular weight excluding hydrogens is 476 g/mol. The number of aromatic nitrogens is 3. The summed E-state index contributed by atoms with van der Waals surface area (Å²) in [5, 5.41) is 12.8. The van der Waals surface area contributed by atoms with E-state index in [2.05, 4.69) is 15.3 Å². The van der Waals surface area contributed by atoms with Crippen molar-refractivity contribution in [1.82, 2.24) is 14.5 Å². The van der Waals surface area contributed by atoms with Gasteiger partial charge in [-0.25, -0.2) is 19.2 Å². The average molecular weight is 494 g/mol. The van der Waals surface area contributed by atoms with Crippen LogP contribution in [0.1, 0.15) is 20.9 Å². The third kappa shape index (κ3) is 4.40. The Morgan fingerprint density at radius 1 is 1.24 bits per heavy atom. The van der Waals surface area contributed by atoms with Crippen LogP contribution in [0.2, 0.25) is 0 Å². The molecule has 0 saturated heterocycles. The van der Waals surface area contributed by atoms with E-state index in [4.69, 9.17) is 9.84 Å². The molecule has 0 spiro atoms. The Labute approximate surface area is 194 Å². The first kappa shape index (κ1) is 23.5. The summed E-state index contributed by atoms with van der Waals surface area (Å²) in [6, 6.07) is 6.93. The van der Waals surface area contributed by atoms with Crippen LogP contribution in [-0.4, -0.2) is 39.3 Å². The summed E-state index contributed by atoms with van der Waals surface area (Å²) >= 11 is 0.491. The molecule has 0 fully saturated rings. The van der Waals surface area contributed by atoms with Gasteiger partial charge in [-0.3, -0.25) is 0 Å². The molecule has 0 atom stereocenters. The zero-order chi connectivity index (χ0) is 24.6. The highest BCUT2D eigenvalue weighted by molar-refractivity contribution is 7.17. The number of ether oxygens (including phenoxy) is 1. The molecule has 0 aliphatic rings. The van der Waals surface area contributed by atoms with E-state index in [1.54, 1.807) is 10.6 Å². The molecule has 4 rings (SSSR count). The number of methoxy groups -OCH3 is 1. The minimum Gasteiger partial charge on any atom is -0.496 e. The van der Waals surface area contributed by atoms with E-state index in [0.717, 1.165) is 11.8 Å². The highest BCUT2D eigenvalue weighted by Crippen LogP contribution is 2.40. The Morgan fingerprint density at radius 3 is 2.65 bits per heavy atom. The van der Waals surface area contributed by atoms with Crippen molar-refractivity contribution in [3.63, 3.8) is 0 Å². The lowest BCUT2D eigenvalue weighted by atomic mass is 10.2. The molecule has 0 bridgehead atoms. The van der Waals surface area contributed by atoms with E-state index in [-0.39, 0.29) is 16.4 Å². The van der Waals surface area contributed by atoms with Crippen LogP contribution >= 0.6 is 11.3 Å². The zero-order valence-electron chi connectivity index (χ0n) is 17.9. The van der Waals surface area contributed by atoms with Crippen molar-refractivity contribution in [2.75, 3.05) is 19.0 Å². The number of rotatable bonds is 7. The molecule has 7 nitrogen and oxygen atoms in total. The van der Waals surface area contributed by atoms with Gasteiger partial charge in [0.1, 0.15) is 28.6 Å². The molecular formula is C22H18F4N4O3S. The minimum absolute atomic E-state index is 0.0524. The second-order valence-electron chi connectivity index (χ2n) is 7.32. The number of hydrogen-bond acceptors (Lipinski definition) is 6. The van der Waals surface area contributed by atoms with Crippen molar-refractivity contribution < 1.29 is 32.2 Å². The summed E-state index contributed by atoms with van der Waals surface area (Å²) in [4.78, 5) is 18.5. The van der Waals surface area contributed by atoms with Gasteiger partial charge in [0.25, 0.3) is 0 Å². The first-order chi connectivity index (χ1) is 16.1. The molecule has 3 heterocycles. The Hall–Kier alpha value is -3.67. The molecule has 0 amide bonds. The number of anilines is 1. The second kappa shape index (κ2) is 8.93. The van der Waals surface area contributed by atoms with Crippen molar-refractivity contribution in [2.24, 2.45) is 0 Å². The maximum Gasteiger partial charge on any atom is 0.418 e. The Kier molecular flexibility index (Phi) is 6.17. The van der Waals surface area contributed by atoms with Gasteiger partial charge in [0, 0.05) is 30.2 Å². The number of thiophene rings is 1. The maximum absolute atomic E-state index is 14.5. The molecule has 1 aromatic carbocycles. The van der Waals surface area contributed by atoms with E-state index >= 15 is 0 Å². The van der Waals surface area contributed by atoms with Crippen LogP contribution in [0.4, 0.5) is 23.4 Å². The van der Waals surface area contributed by atoms with Crippen LogP contribution in [0, 0.1) is 12.7 Å². The van der Waals surface area contributed by atoms with Crippen LogP contribution in [0.5, 0.6) is 5.75 Å². The van der Waals surface area contributed by atoms with Crippen LogP contribution in [-0.2, 0) is 12.7 Å². The van der Waals surface area contributed by atoms with Crippen molar-refractivity contribution in [3.05, 3.63) is 58.6 Å². The topological polar surface area (TPSA) is 89.3 Å². The van der Waals surface area contributed by atoms with E-state index < -0.39 is 22.6 Å². The van der Waals surface area contributed by atoms with Gasteiger partial charge in [-0.15, -0.1) is 11.3 Å². The van der Waals surface area contributed by atoms with Gasteiger partial charge >= 0.3 is 12.1 Å². The van der Waals surface area contributed by atoms with Crippen molar-refractivity contribution in [1.29, 1.82) is 0 Å². The predicted octanol–water partition coefficient (Wildman–Crippen LogP) is 5.45. The number of aromatic carboxylic acids is 1. The van der Waals surface area contributed by atoms with E-state index in [0.29, 0.717) is 46.9 Å². The van der Waals surface area contributed by atoms with Gasteiger partial charge in [-0.05, 0) is 31.2 Å². The van der Waals surface area contributed by atoms with Gasteiger partial charge in [0.05, 0.1) is 28.8 Å². The molecule has 12 heteroatoms. The van der Waals surface area contributed by atoms with Crippen molar-refractivity contribution >= 4 is 34.0 Å². The van der Waals surface area contributed by atoms with E-state index in [9.17, 15) is 22.4 Å². The van der Waals surface area contributed by atoms with Crippen LogP contribution in [0.3, 0.4) is 0 Å². The summed E-state index contributed by atoms with van der Waals surface area (Å²) in [5.74, 6) is -1.16. The predicted molar refractivity (Wildman–Crippen MR) is 119 cm³/mol. The number of carboxylic acids is 1. The largest absolute Gasteiger partial charge is 0.496 e. The highest BCUT2D eigenvalue weighted by Gasteiger charge is 2.37. The van der Waals surface area contributed by atoms with Crippen molar-refractivity contribution in [3.8, 4) is 16.3 Å². The quantitative estimate of drug-likeness (QED) is 0.333. The molecule has 178 valence electrons. The number of fused-ring (bicyclic) bond motifs is 1. The lowest BCUT2D eigenvalue weighted by molar-refractivity contribution is -0.137. The average Bonchev–Trinajstić information content (AvgIpc) is 3.37. The summed E-state index contributed by atoms with van der Waals surface area (Å²) < 4.78 is 61.2. The Bertz CT molecular complexity index is 1380. The number of benzene rings is 1. The van der Waals surface area contributed by atoms with Gasteiger partial charge in [-0.1, -0.05) is 0 Å². The fourth-order valence-electron chi connectivity index (χ4n) is 3.68. The lowest BCUT2D eigenvalue weighted by Crippen LogP contribution is -2.13. The number of carbonyl (C=O) groups is 1. The smallest absolute Gasteiger partial charge is 0.418 e. The van der Waals surface area contributed by atoms with Gasteiger partial charge < -0.3 is 19.7 Å². The molecule has 4 aromatic rings. The Morgan fingerprint density at radius 2 is 2.00 bits per heavy atom. The number of halogens is 4. The molecule has 0 saturated carbocycles. The van der Waals surface area contributed by atoms with Crippen LogP contribution < -0.4 is 10.1 Å². The lowest BCUT2D eigenvalue weighted by Gasteiger charge is -2.11. The van der Waals surface area contributed by atoms with Gasteiger partial charge in [0.2, 0.25) is 0 Å². The SMILES string of the molecule is COc1ccc(F)c2c1cc(C)n2CCNc1cc(-c2cc(C(F)(F)F)c(C(=O)O)s2)ncn1. The summed E-state index contributed by atoms with van der Waals surface area (Å²) in [7, 11) is 1.51. The van der Waals surface area contributed by atoms with E-state index in [1.807, 2.05) is 13.0 Å². The van der Waals surface area contributed by atoms with E-state index in [1.165, 1.54) is 25.6 Å². The first-order valence-corrected chi connectivity index (χ1v) is 10.7. The number of nitrogens with one attached hydrogen (secondary N) is 1. The van der Waals surface area contributed by atoms with Crippen LogP contribution in [0.25, 0.3) is 21.5 Å². The standard InChI is InChI=1S/C22H18F4N4O3S/c1-11-7-12-16(33-2)4-3-14(23)19(12)30(11)6-5-27-18-9-15(28-10-29-18)17-8-13(22(24,25)26)20(34-17)21(31)32/h3-4,7-10H,5-6H2,1-2H3,(H,31,32)(H,27,28,29). The fourth-order valence-corrected chi connectivity index (χ4v) is 4.66. The molecule has 0 aliphatic heterocycles. The third-order valence-corrected chi connectivity index (χ3v) is 6.33. The number of carboxylic acid groups (broad SMARTS) is 1. The molecule has 3 aromatic heterocycles. The summed E-state index contributed by atoms with van der Waals surface area (Å²) in [5.41, 5.74) is 0.156. The maximum atomic E-state index is 14.5. The number of nitrogens with zero attached hydrogens (tertiary/aromatic N) is 3. The van der Waals surface area contributed by atoms with Crippen molar-refractivity contribution in [2.45, 2.75) is 19.6 Å². The van der Waals surface area contributed by atoms with Gasteiger partial charge in [-0.2, -0.15) is 13.2 Å². The number of aryl methyl sites for hydroxylation is 1. The first-order valence-electron chi connectivity index (χ1n) is 9.93. The monoisotopic (exact) mass is 494 g/mol. The number of hydrogen-bond donors (Lipinski definition) is 2. The number of alkyl halides is 3. The highest BCUT2D eigenvalue weighted by atomic mass is 32.1. The normalized spacial score (nSPS) is 11.7. The third-order valence-electron chi connectivity index (χ3n) is 5.19. The molecule has 0 unspecified atom stereocenters. The zero-order valence-corrected chi connectivity index (χ0v) is 18.7. The molecule has 34 heavy (non-hydrogen) atoms. The minimum atomic E-state index is -4.80. The summed E-state index contributed by atoms with van der Waals surface area (Å²) in [6.45, 7) is 2.55. The summed E-state index contributed by atoms with van der Waals surface area (Å²) in [6.07, 6.45) is -3.63. The molecule has 0 aliphatic carbocycles. The molecule has 2 N–H and O–H groups in total. The van der Waals surface area contributed by atoms with Crippen LogP contribution in [0.15, 0.2) is 36.7 Å². The van der Waals surface area contributed by atoms with Gasteiger partial charge in [0.15, 0.2) is 0 Å².